The van der Waals surface area contributed by atoms with Crippen molar-refractivity contribution >= 4 is 11.6 Å². The number of aromatic nitrogens is 5. The first kappa shape index (κ1) is 26.0. The van der Waals surface area contributed by atoms with Gasteiger partial charge in [0.2, 0.25) is 0 Å². The number of nitrogens with two attached hydrogens (primary N) is 1. The van der Waals surface area contributed by atoms with E-state index in [1.54, 1.807) is 23.1 Å². The number of benzene rings is 1. The molecule has 9 nitrogen and oxygen atoms in total. The van der Waals surface area contributed by atoms with Crippen LogP contribution in [0.5, 0.6) is 0 Å². The molecule has 1 aliphatic rings. The lowest BCUT2D eigenvalue weighted by atomic mass is 9.73. The summed E-state index contributed by atoms with van der Waals surface area (Å²) >= 11 is 0. The van der Waals surface area contributed by atoms with Crippen LogP contribution in [0, 0.1) is 34.7 Å². The second kappa shape index (κ2) is 10.6. The van der Waals surface area contributed by atoms with Gasteiger partial charge in [0.15, 0.2) is 5.69 Å². The van der Waals surface area contributed by atoms with Crippen molar-refractivity contribution in [2.45, 2.75) is 37.8 Å². The fourth-order valence-electron chi connectivity index (χ4n) is 5.28. The zero-order valence-electron chi connectivity index (χ0n) is 20.7. The van der Waals surface area contributed by atoms with Gasteiger partial charge in [0.25, 0.3) is 5.91 Å². The third-order valence-electron chi connectivity index (χ3n) is 6.99. The fraction of sp³-hybridized carbons (Fsp3) is 0.259. The SMILES string of the molecule is C[C@H]1C[C@@H](c2ccncc2NC(=O)c2ccc(F)c(-c3c(F)cccc3F)n2)C[C@@H](N)[C@H]1n1cc(C#N)nn1. The summed E-state index contributed by atoms with van der Waals surface area (Å²) in [5.74, 6) is -3.62. The van der Waals surface area contributed by atoms with Gasteiger partial charge >= 0.3 is 0 Å². The Balaban J connectivity index is 1.39. The number of hydrogen-bond donors (Lipinski definition) is 2. The molecule has 4 atom stereocenters. The summed E-state index contributed by atoms with van der Waals surface area (Å²) in [6.45, 7) is 2.04. The number of nitrogens with one attached hydrogen (secondary N) is 1. The van der Waals surface area contributed by atoms with E-state index in [1.807, 2.05) is 13.0 Å². The highest BCUT2D eigenvalue weighted by Crippen LogP contribution is 2.43. The number of anilines is 1. The van der Waals surface area contributed by atoms with Crippen LogP contribution in [-0.2, 0) is 0 Å². The van der Waals surface area contributed by atoms with Gasteiger partial charge in [-0.1, -0.05) is 18.2 Å². The molecule has 3 aromatic heterocycles. The predicted octanol–water partition coefficient (Wildman–Crippen LogP) is 4.36. The molecule has 1 aromatic carbocycles. The number of nitriles is 1. The number of pyridine rings is 2. The van der Waals surface area contributed by atoms with Gasteiger partial charge in [-0.05, 0) is 60.6 Å². The zero-order chi connectivity index (χ0) is 27.7. The minimum absolute atomic E-state index is 0.0345. The van der Waals surface area contributed by atoms with Crippen LogP contribution in [-0.4, -0.2) is 36.9 Å². The van der Waals surface area contributed by atoms with E-state index in [2.05, 4.69) is 25.6 Å². The van der Waals surface area contributed by atoms with E-state index in [4.69, 9.17) is 11.0 Å². The van der Waals surface area contributed by atoms with Gasteiger partial charge in [0.1, 0.15) is 34.9 Å². The molecule has 1 saturated carbocycles. The van der Waals surface area contributed by atoms with Gasteiger partial charge in [0, 0.05) is 12.2 Å². The van der Waals surface area contributed by atoms with E-state index >= 15 is 0 Å². The van der Waals surface area contributed by atoms with Crippen LogP contribution >= 0.6 is 0 Å². The van der Waals surface area contributed by atoms with Crippen molar-refractivity contribution in [1.82, 2.24) is 25.0 Å². The number of carbonyl (C=O) groups is 1. The van der Waals surface area contributed by atoms with Crippen molar-refractivity contribution in [2.24, 2.45) is 11.7 Å². The molecule has 0 aliphatic heterocycles. The van der Waals surface area contributed by atoms with Gasteiger partial charge in [0.05, 0.1) is 29.7 Å². The molecule has 4 aromatic rings. The third kappa shape index (κ3) is 5.08. The first-order valence-corrected chi connectivity index (χ1v) is 12.2. The van der Waals surface area contributed by atoms with Crippen LogP contribution in [0.3, 0.4) is 0 Å². The largest absolute Gasteiger partial charge is 0.326 e. The summed E-state index contributed by atoms with van der Waals surface area (Å²) in [6.07, 6.45) is 5.95. The number of rotatable bonds is 5. The van der Waals surface area contributed by atoms with E-state index in [0.29, 0.717) is 18.5 Å². The maximum absolute atomic E-state index is 14.5. The molecule has 0 radical (unpaired) electrons. The van der Waals surface area contributed by atoms with E-state index in [9.17, 15) is 18.0 Å². The molecule has 1 fully saturated rings. The van der Waals surface area contributed by atoms with Crippen molar-refractivity contribution in [3.8, 4) is 17.3 Å². The Kier molecular flexibility index (Phi) is 7.08. The highest BCUT2D eigenvalue weighted by molar-refractivity contribution is 6.03. The van der Waals surface area contributed by atoms with Crippen molar-refractivity contribution in [3.05, 3.63) is 89.4 Å². The Bertz CT molecular complexity index is 1550. The van der Waals surface area contributed by atoms with Crippen molar-refractivity contribution in [1.29, 1.82) is 5.26 Å². The van der Waals surface area contributed by atoms with E-state index in [-0.39, 0.29) is 35.3 Å². The smallest absolute Gasteiger partial charge is 0.274 e. The number of halogens is 3. The fourth-order valence-corrected chi connectivity index (χ4v) is 5.28. The average molecular weight is 533 g/mol. The topological polar surface area (TPSA) is 135 Å². The van der Waals surface area contributed by atoms with Crippen LogP contribution in [0.2, 0.25) is 0 Å². The molecule has 12 heteroatoms. The molecule has 1 aliphatic carbocycles. The van der Waals surface area contributed by atoms with Gasteiger partial charge in [-0.3, -0.25) is 9.78 Å². The Morgan fingerprint density at radius 2 is 1.90 bits per heavy atom. The second-order valence-corrected chi connectivity index (χ2v) is 9.54. The maximum Gasteiger partial charge on any atom is 0.274 e. The molecule has 3 heterocycles. The summed E-state index contributed by atoms with van der Waals surface area (Å²) in [7, 11) is 0. The number of hydrogen-bond acceptors (Lipinski definition) is 7. The molecule has 0 saturated heterocycles. The number of amides is 1. The Hall–Kier alpha value is -4.63. The van der Waals surface area contributed by atoms with Crippen LogP contribution in [0.1, 0.15) is 53.5 Å². The lowest BCUT2D eigenvalue weighted by Crippen LogP contribution is -2.42. The van der Waals surface area contributed by atoms with Crippen LogP contribution in [0.15, 0.2) is 55.0 Å². The first-order valence-electron chi connectivity index (χ1n) is 12.2. The molecular formula is C27H23F3N8O. The Morgan fingerprint density at radius 3 is 2.59 bits per heavy atom. The van der Waals surface area contributed by atoms with Gasteiger partial charge in [-0.15, -0.1) is 5.10 Å². The first-order chi connectivity index (χ1) is 18.8. The molecule has 0 bridgehead atoms. The number of nitrogens with zero attached hydrogens (tertiary/aromatic N) is 6. The monoisotopic (exact) mass is 532 g/mol. The molecule has 198 valence electrons. The number of carbonyl (C=O) groups excluding carboxylic acids is 1. The van der Waals surface area contributed by atoms with E-state index in [1.165, 1.54) is 6.20 Å². The van der Waals surface area contributed by atoms with Crippen LogP contribution in [0.25, 0.3) is 11.3 Å². The maximum atomic E-state index is 14.5. The molecule has 0 unspecified atom stereocenters. The molecule has 3 N–H and O–H groups in total. The summed E-state index contributed by atoms with van der Waals surface area (Å²) in [4.78, 5) is 21.2. The Labute approximate surface area is 221 Å². The minimum atomic E-state index is -0.996. The normalized spacial score (nSPS) is 20.8. The van der Waals surface area contributed by atoms with E-state index < -0.39 is 34.6 Å². The summed E-state index contributed by atoms with van der Waals surface area (Å²) in [5, 5.41) is 19.7. The highest BCUT2D eigenvalue weighted by atomic mass is 19.1. The van der Waals surface area contributed by atoms with E-state index in [0.717, 1.165) is 35.9 Å². The average Bonchev–Trinajstić information content (AvgIpc) is 3.38. The van der Waals surface area contributed by atoms with Gasteiger partial charge in [-0.25, -0.2) is 22.8 Å². The molecular weight excluding hydrogens is 509 g/mol. The molecule has 0 spiro atoms. The van der Waals surface area contributed by atoms with Crippen LogP contribution in [0.4, 0.5) is 18.9 Å². The van der Waals surface area contributed by atoms with Crippen molar-refractivity contribution < 1.29 is 18.0 Å². The lowest BCUT2D eigenvalue weighted by molar-refractivity contribution is 0.102. The standard InChI is InChI=1S/C27H23F3N8O/c1-14-9-15(10-21(32)26(14)38-13-16(11-31)36-37-38)17-7-8-33-12-23(17)35-27(39)22-6-5-20(30)25(34-22)24-18(28)3-2-4-19(24)29/h2-8,12-15,21,26H,9-10,32H2,1H3,(H,35,39)/t14-,15+,21+,26-/m0/s1. The van der Waals surface area contributed by atoms with Gasteiger partial charge in [-0.2, -0.15) is 5.26 Å². The third-order valence-corrected chi connectivity index (χ3v) is 6.99. The summed E-state index contributed by atoms with van der Waals surface area (Å²) < 4.78 is 44.7. The lowest BCUT2D eigenvalue weighted by Gasteiger charge is -2.39. The molecule has 1 amide bonds. The second-order valence-electron chi connectivity index (χ2n) is 9.54. The molecule has 39 heavy (non-hydrogen) atoms. The summed E-state index contributed by atoms with van der Waals surface area (Å²) in [6, 6.07) is 8.51. The Morgan fingerprint density at radius 1 is 1.13 bits per heavy atom. The van der Waals surface area contributed by atoms with Crippen LogP contribution < -0.4 is 11.1 Å². The van der Waals surface area contributed by atoms with Crippen molar-refractivity contribution in [3.63, 3.8) is 0 Å². The quantitative estimate of drug-likeness (QED) is 0.390. The highest BCUT2D eigenvalue weighted by Gasteiger charge is 2.37. The zero-order valence-corrected chi connectivity index (χ0v) is 20.7. The van der Waals surface area contributed by atoms with Gasteiger partial charge < -0.3 is 11.1 Å². The predicted molar refractivity (Wildman–Crippen MR) is 135 cm³/mol. The molecule has 5 rings (SSSR count). The van der Waals surface area contributed by atoms with Crippen molar-refractivity contribution in [2.75, 3.05) is 5.32 Å². The summed E-state index contributed by atoms with van der Waals surface area (Å²) in [5.41, 5.74) is 6.51. The minimum Gasteiger partial charge on any atom is -0.326 e.